The molecule has 1 atom stereocenters. The van der Waals surface area contributed by atoms with Gasteiger partial charge in [-0.3, -0.25) is 9.52 Å². The number of carbonyl (C=O) groups is 1. The molecule has 1 amide bonds. The van der Waals surface area contributed by atoms with Gasteiger partial charge in [-0.25, -0.2) is 8.42 Å². The second kappa shape index (κ2) is 11.5. The van der Waals surface area contributed by atoms with E-state index in [1.165, 1.54) is 44.6 Å². The number of hydrogen-bond donors (Lipinski definition) is 2. The molecule has 0 saturated heterocycles. The highest BCUT2D eigenvalue weighted by atomic mass is 32.2. The van der Waals surface area contributed by atoms with Crippen molar-refractivity contribution in [3.8, 4) is 23.0 Å². The number of hydrogen-bond acceptors (Lipinski definition) is 7. The fraction of sp³-hybridized carbons (Fsp3) is 0.240. The maximum absolute atomic E-state index is 12.9. The average Bonchev–Trinajstić information content (AvgIpc) is 2.87. The number of amides is 1. The van der Waals surface area contributed by atoms with Gasteiger partial charge in [-0.2, -0.15) is 0 Å². The summed E-state index contributed by atoms with van der Waals surface area (Å²) in [5.74, 6) is 1.69. The lowest BCUT2D eigenvalue weighted by molar-refractivity contribution is -0.122. The Kier molecular flexibility index (Phi) is 8.43. The van der Waals surface area contributed by atoms with E-state index in [0.29, 0.717) is 35.1 Å². The summed E-state index contributed by atoms with van der Waals surface area (Å²) in [5, 5.41) is 2.76. The standard InChI is InChI=1S/C25H28N2O7S/c1-5-23(34-19-10-8-18(31-2)9-11-19)25(28)26-17-6-13-21(14-7-17)35(29,30)27-22-16-20(32-3)12-15-24(22)33-4/h6-16,23,27H,5H2,1-4H3,(H,26,28)/t23-/m1/s1. The molecule has 0 spiro atoms. The van der Waals surface area contributed by atoms with Crippen LogP contribution in [0, 0.1) is 0 Å². The van der Waals surface area contributed by atoms with Crippen LogP contribution in [0.4, 0.5) is 11.4 Å². The Morgan fingerprint density at radius 2 is 1.43 bits per heavy atom. The molecule has 186 valence electrons. The van der Waals surface area contributed by atoms with Crippen molar-refractivity contribution in [1.29, 1.82) is 0 Å². The van der Waals surface area contributed by atoms with E-state index < -0.39 is 16.1 Å². The molecule has 0 radical (unpaired) electrons. The fourth-order valence-electron chi connectivity index (χ4n) is 3.18. The number of anilines is 2. The third kappa shape index (κ3) is 6.57. The second-order valence-corrected chi connectivity index (χ2v) is 9.06. The summed E-state index contributed by atoms with van der Waals surface area (Å²) in [5.41, 5.74) is 0.676. The molecule has 3 rings (SSSR count). The van der Waals surface area contributed by atoms with Crippen LogP contribution in [0.5, 0.6) is 23.0 Å². The first-order valence-corrected chi connectivity index (χ1v) is 12.2. The van der Waals surface area contributed by atoms with Crippen molar-refractivity contribution in [2.45, 2.75) is 24.3 Å². The molecule has 3 aromatic rings. The van der Waals surface area contributed by atoms with Gasteiger partial charge < -0.3 is 24.3 Å². The van der Waals surface area contributed by atoms with Gasteiger partial charge in [0.05, 0.1) is 31.9 Å². The van der Waals surface area contributed by atoms with Gasteiger partial charge in [0.25, 0.3) is 15.9 Å². The van der Waals surface area contributed by atoms with Crippen LogP contribution in [0.15, 0.2) is 71.6 Å². The number of carbonyl (C=O) groups excluding carboxylic acids is 1. The molecule has 0 aliphatic carbocycles. The van der Waals surface area contributed by atoms with Crippen molar-refractivity contribution in [2.24, 2.45) is 0 Å². The molecule has 0 saturated carbocycles. The summed E-state index contributed by atoms with van der Waals surface area (Å²) in [7, 11) is 0.581. The zero-order chi connectivity index (χ0) is 25.4. The van der Waals surface area contributed by atoms with E-state index >= 15 is 0 Å². The predicted octanol–water partition coefficient (Wildman–Crippen LogP) is 4.31. The van der Waals surface area contributed by atoms with Crippen molar-refractivity contribution in [3.05, 3.63) is 66.7 Å². The van der Waals surface area contributed by atoms with Gasteiger partial charge in [0, 0.05) is 11.8 Å². The van der Waals surface area contributed by atoms with Gasteiger partial charge in [-0.15, -0.1) is 0 Å². The smallest absolute Gasteiger partial charge is 0.265 e. The molecule has 10 heteroatoms. The third-order valence-corrected chi connectivity index (χ3v) is 6.47. The summed E-state index contributed by atoms with van der Waals surface area (Å²) in [6, 6.07) is 17.5. The van der Waals surface area contributed by atoms with Crippen LogP contribution in [0.25, 0.3) is 0 Å². The van der Waals surface area contributed by atoms with E-state index in [1.54, 1.807) is 43.5 Å². The molecule has 0 aliphatic heterocycles. The quantitative estimate of drug-likeness (QED) is 0.403. The molecule has 0 fully saturated rings. The van der Waals surface area contributed by atoms with Crippen molar-refractivity contribution in [3.63, 3.8) is 0 Å². The maximum Gasteiger partial charge on any atom is 0.265 e. The van der Waals surface area contributed by atoms with Crippen LogP contribution < -0.4 is 29.0 Å². The summed E-state index contributed by atoms with van der Waals surface area (Å²) in [6.07, 6.45) is -0.287. The lowest BCUT2D eigenvalue weighted by Gasteiger charge is -2.18. The molecular formula is C25H28N2O7S. The van der Waals surface area contributed by atoms with Crippen LogP contribution >= 0.6 is 0 Å². The molecule has 0 aliphatic rings. The Morgan fingerprint density at radius 1 is 0.829 bits per heavy atom. The summed E-state index contributed by atoms with van der Waals surface area (Å²) < 4.78 is 49.6. The predicted molar refractivity (Wildman–Crippen MR) is 133 cm³/mol. The van der Waals surface area contributed by atoms with Gasteiger partial charge in [0.1, 0.15) is 23.0 Å². The highest BCUT2D eigenvalue weighted by Gasteiger charge is 2.20. The Labute approximate surface area is 205 Å². The van der Waals surface area contributed by atoms with Gasteiger partial charge in [0.2, 0.25) is 0 Å². The van der Waals surface area contributed by atoms with Crippen LogP contribution in [-0.4, -0.2) is 41.8 Å². The third-order valence-electron chi connectivity index (χ3n) is 5.08. The van der Waals surface area contributed by atoms with Crippen molar-refractivity contribution >= 4 is 27.3 Å². The SMILES string of the molecule is CC[C@@H](Oc1ccc(OC)cc1)C(=O)Nc1ccc(S(=O)(=O)Nc2cc(OC)ccc2OC)cc1. The van der Waals surface area contributed by atoms with Crippen molar-refractivity contribution in [1.82, 2.24) is 0 Å². The molecule has 0 aromatic heterocycles. The Morgan fingerprint density at radius 3 is 2.00 bits per heavy atom. The lowest BCUT2D eigenvalue weighted by Crippen LogP contribution is -2.32. The van der Waals surface area contributed by atoms with Crippen LogP contribution in [0.1, 0.15) is 13.3 Å². The van der Waals surface area contributed by atoms with Crippen molar-refractivity contribution in [2.75, 3.05) is 31.4 Å². The Hall–Kier alpha value is -3.92. The van der Waals surface area contributed by atoms with Gasteiger partial charge in [-0.1, -0.05) is 6.92 Å². The highest BCUT2D eigenvalue weighted by molar-refractivity contribution is 7.92. The number of nitrogens with one attached hydrogen (secondary N) is 2. The topological polar surface area (TPSA) is 112 Å². The average molecular weight is 501 g/mol. The van der Waals surface area contributed by atoms with Gasteiger partial charge >= 0.3 is 0 Å². The molecule has 9 nitrogen and oxygen atoms in total. The second-order valence-electron chi connectivity index (χ2n) is 7.38. The molecule has 0 bridgehead atoms. The largest absolute Gasteiger partial charge is 0.497 e. The van der Waals surface area contributed by atoms with E-state index in [-0.39, 0.29) is 16.5 Å². The van der Waals surface area contributed by atoms with Gasteiger partial charge in [0.15, 0.2) is 6.10 Å². The first-order chi connectivity index (χ1) is 16.8. The van der Waals surface area contributed by atoms with Crippen LogP contribution in [0.2, 0.25) is 0 Å². The minimum Gasteiger partial charge on any atom is -0.497 e. The lowest BCUT2D eigenvalue weighted by atomic mass is 10.2. The zero-order valence-corrected chi connectivity index (χ0v) is 20.7. The minimum atomic E-state index is -3.92. The van der Waals surface area contributed by atoms with E-state index in [4.69, 9.17) is 18.9 Å². The first-order valence-electron chi connectivity index (χ1n) is 10.8. The normalized spacial score (nSPS) is 11.8. The number of sulfonamides is 1. The summed E-state index contributed by atoms with van der Waals surface area (Å²) >= 11 is 0. The van der Waals surface area contributed by atoms with E-state index in [1.807, 2.05) is 6.92 Å². The Balaban J connectivity index is 1.69. The molecule has 3 aromatic carbocycles. The van der Waals surface area contributed by atoms with Crippen molar-refractivity contribution < 1.29 is 32.2 Å². The zero-order valence-electron chi connectivity index (χ0n) is 19.9. The van der Waals surface area contributed by atoms with Gasteiger partial charge in [-0.05, 0) is 67.1 Å². The summed E-state index contributed by atoms with van der Waals surface area (Å²) in [6.45, 7) is 1.84. The van der Waals surface area contributed by atoms with E-state index in [2.05, 4.69) is 10.0 Å². The summed E-state index contributed by atoms with van der Waals surface area (Å²) in [4.78, 5) is 12.7. The Bertz CT molecular complexity index is 1240. The van der Waals surface area contributed by atoms with Crippen LogP contribution in [-0.2, 0) is 14.8 Å². The van der Waals surface area contributed by atoms with E-state index in [9.17, 15) is 13.2 Å². The molecule has 0 heterocycles. The maximum atomic E-state index is 12.9. The minimum absolute atomic E-state index is 0.0156. The van der Waals surface area contributed by atoms with E-state index in [0.717, 1.165) is 0 Å². The first kappa shape index (κ1) is 25.7. The molecule has 0 unspecified atom stereocenters. The number of rotatable bonds is 11. The monoisotopic (exact) mass is 500 g/mol. The number of benzene rings is 3. The molecule has 35 heavy (non-hydrogen) atoms. The highest BCUT2D eigenvalue weighted by Crippen LogP contribution is 2.31. The number of ether oxygens (including phenoxy) is 4. The number of methoxy groups -OCH3 is 3. The van der Waals surface area contributed by atoms with Crippen LogP contribution in [0.3, 0.4) is 0 Å². The molecular weight excluding hydrogens is 472 g/mol. The molecule has 2 N–H and O–H groups in total. The fourth-order valence-corrected chi connectivity index (χ4v) is 4.24.